The van der Waals surface area contributed by atoms with E-state index in [0.717, 1.165) is 12.1 Å². The molecule has 0 bridgehead atoms. The molecule has 5 rings (SSSR count). The maximum Gasteiger partial charge on any atom is 0.239 e. The quantitative estimate of drug-likeness (QED) is 0.141. The first-order chi connectivity index (χ1) is 20.9. The fourth-order valence-corrected chi connectivity index (χ4v) is 4.99. The number of hydrogen-bond donors (Lipinski definition) is 9. The Kier molecular flexibility index (Phi) is 8.90. The number of phenols is 2. The first kappa shape index (κ1) is 31.7. The van der Waals surface area contributed by atoms with Gasteiger partial charge in [0.15, 0.2) is 17.3 Å². The standard InChI is InChI=1S/C28H32O16/c1-9-18(32)21(35)23(37)27(40-9)42-13-4-3-10(5-14(13)39-2)25-26(20(34)17-12(31)6-11(30)7-15(17)41-25)44-28-24(38)22(36)19(33)16(8-29)43-28/h3-7,9,16,18-19,21-24,27-33,35-38H,8H2,1-2H3/t9?,16?,18-,19+,21?,22?,23-,24?,27-,28-/m0/s1. The summed E-state index contributed by atoms with van der Waals surface area (Å²) >= 11 is 0. The lowest BCUT2D eigenvalue weighted by Gasteiger charge is -2.39. The molecule has 2 aliphatic rings. The molecule has 0 spiro atoms. The second-order valence-electron chi connectivity index (χ2n) is 10.4. The first-order valence-electron chi connectivity index (χ1n) is 13.4. The minimum Gasteiger partial charge on any atom is -0.508 e. The monoisotopic (exact) mass is 624 g/mol. The summed E-state index contributed by atoms with van der Waals surface area (Å²) in [6.45, 7) is 0.710. The molecule has 0 saturated carbocycles. The number of aliphatic hydroxyl groups excluding tert-OH is 7. The Labute approximate surface area is 248 Å². The van der Waals surface area contributed by atoms with Gasteiger partial charge in [0.2, 0.25) is 23.8 Å². The summed E-state index contributed by atoms with van der Waals surface area (Å²) < 4.78 is 33.6. The van der Waals surface area contributed by atoms with Crippen molar-refractivity contribution in [3.8, 4) is 40.1 Å². The summed E-state index contributed by atoms with van der Waals surface area (Å²) in [7, 11) is 1.28. The van der Waals surface area contributed by atoms with Crippen LogP contribution in [0.3, 0.4) is 0 Å². The Balaban J connectivity index is 1.58. The summed E-state index contributed by atoms with van der Waals surface area (Å²) in [4.78, 5) is 13.7. The summed E-state index contributed by atoms with van der Waals surface area (Å²) in [5.74, 6) is -2.03. The summed E-state index contributed by atoms with van der Waals surface area (Å²) in [6, 6.07) is 5.99. The number of aliphatic hydroxyl groups is 7. The summed E-state index contributed by atoms with van der Waals surface area (Å²) in [5.41, 5.74) is -1.15. The average molecular weight is 625 g/mol. The normalized spacial score (nSPS) is 32.4. The molecule has 44 heavy (non-hydrogen) atoms. The molecule has 0 amide bonds. The van der Waals surface area contributed by atoms with Crippen LogP contribution in [-0.2, 0) is 9.47 Å². The Morgan fingerprint density at radius 1 is 0.795 bits per heavy atom. The van der Waals surface area contributed by atoms with Crippen molar-refractivity contribution in [2.24, 2.45) is 0 Å². The molecule has 3 heterocycles. The molecule has 0 radical (unpaired) electrons. The number of fused-ring (bicyclic) bond motifs is 1. The lowest BCUT2D eigenvalue weighted by Crippen LogP contribution is -2.60. The first-order valence-corrected chi connectivity index (χ1v) is 13.4. The summed E-state index contributed by atoms with van der Waals surface area (Å²) in [6.07, 6.45) is -15.4. The second-order valence-corrected chi connectivity index (χ2v) is 10.4. The van der Waals surface area contributed by atoms with Gasteiger partial charge in [-0.25, -0.2) is 0 Å². The Bertz CT molecular complexity index is 1550. The van der Waals surface area contributed by atoms with E-state index in [9.17, 15) is 50.8 Å². The summed E-state index contributed by atoms with van der Waals surface area (Å²) in [5, 5.41) is 90.9. The lowest BCUT2D eigenvalue weighted by molar-refractivity contribution is -0.277. The zero-order valence-electron chi connectivity index (χ0n) is 23.3. The van der Waals surface area contributed by atoms with Gasteiger partial charge in [0, 0.05) is 17.7 Å². The number of benzene rings is 2. The highest BCUT2D eigenvalue weighted by molar-refractivity contribution is 5.88. The molecule has 1 aromatic heterocycles. The van der Waals surface area contributed by atoms with Gasteiger partial charge in [0.25, 0.3) is 0 Å². The van der Waals surface area contributed by atoms with Crippen molar-refractivity contribution in [2.45, 2.75) is 68.3 Å². The van der Waals surface area contributed by atoms with E-state index in [2.05, 4.69) is 0 Å². The van der Waals surface area contributed by atoms with Gasteiger partial charge in [0.1, 0.15) is 65.2 Å². The number of hydrogen-bond acceptors (Lipinski definition) is 16. The highest BCUT2D eigenvalue weighted by Gasteiger charge is 2.46. The van der Waals surface area contributed by atoms with Gasteiger partial charge < -0.3 is 74.1 Å². The topological polar surface area (TPSA) is 258 Å². The third-order valence-electron chi connectivity index (χ3n) is 7.48. The fourth-order valence-electron chi connectivity index (χ4n) is 4.99. The van der Waals surface area contributed by atoms with E-state index in [1.165, 1.54) is 32.2 Å². The van der Waals surface area contributed by atoms with Crippen molar-refractivity contribution in [3.05, 3.63) is 40.6 Å². The molecule has 10 atom stereocenters. The van der Waals surface area contributed by atoms with Crippen LogP contribution in [0.25, 0.3) is 22.3 Å². The molecule has 3 aromatic rings. The number of aromatic hydroxyl groups is 2. The van der Waals surface area contributed by atoms with Crippen molar-refractivity contribution in [1.29, 1.82) is 0 Å². The van der Waals surface area contributed by atoms with Crippen LogP contribution in [0.1, 0.15) is 6.92 Å². The minimum atomic E-state index is -1.90. The van der Waals surface area contributed by atoms with Gasteiger partial charge >= 0.3 is 0 Å². The van der Waals surface area contributed by atoms with Crippen molar-refractivity contribution >= 4 is 11.0 Å². The minimum absolute atomic E-state index is 0.00548. The van der Waals surface area contributed by atoms with E-state index < -0.39 is 96.1 Å². The number of ether oxygens (including phenoxy) is 5. The van der Waals surface area contributed by atoms with Crippen LogP contribution >= 0.6 is 0 Å². The molecule has 240 valence electrons. The van der Waals surface area contributed by atoms with Crippen LogP contribution in [0, 0.1) is 0 Å². The highest BCUT2D eigenvalue weighted by atomic mass is 16.7. The molecule has 2 fully saturated rings. The number of rotatable bonds is 7. The van der Waals surface area contributed by atoms with Crippen LogP contribution in [0.2, 0.25) is 0 Å². The maximum absolute atomic E-state index is 13.7. The third kappa shape index (κ3) is 5.63. The van der Waals surface area contributed by atoms with E-state index in [1.54, 1.807) is 0 Å². The van der Waals surface area contributed by atoms with Crippen LogP contribution < -0.4 is 19.6 Å². The van der Waals surface area contributed by atoms with Crippen LogP contribution in [0.4, 0.5) is 0 Å². The molecule has 9 N–H and O–H groups in total. The molecule has 5 unspecified atom stereocenters. The Morgan fingerprint density at radius 2 is 1.45 bits per heavy atom. The lowest BCUT2D eigenvalue weighted by atomic mass is 9.99. The Hall–Kier alpha value is -3.71. The largest absolute Gasteiger partial charge is 0.508 e. The van der Waals surface area contributed by atoms with Crippen LogP contribution in [0.5, 0.6) is 28.7 Å². The molecule has 2 aliphatic heterocycles. The van der Waals surface area contributed by atoms with Crippen molar-refractivity contribution in [3.63, 3.8) is 0 Å². The zero-order chi connectivity index (χ0) is 32.0. The molecular formula is C28H32O16. The van der Waals surface area contributed by atoms with Crippen molar-refractivity contribution < 1.29 is 74.1 Å². The van der Waals surface area contributed by atoms with Gasteiger partial charge in [-0.3, -0.25) is 4.79 Å². The maximum atomic E-state index is 13.7. The Morgan fingerprint density at radius 3 is 2.11 bits per heavy atom. The van der Waals surface area contributed by atoms with Gasteiger partial charge in [-0.05, 0) is 25.1 Å². The second kappa shape index (κ2) is 12.4. The van der Waals surface area contributed by atoms with E-state index >= 15 is 0 Å². The fraction of sp³-hybridized carbons (Fsp3) is 0.464. The van der Waals surface area contributed by atoms with E-state index in [1.807, 2.05) is 0 Å². The molecule has 2 aromatic carbocycles. The average Bonchev–Trinajstić information content (AvgIpc) is 2.99. The molecule has 0 aliphatic carbocycles. The predicted octanol–water partition coefficient (Wildman–Crippen LogP) is -1.74. The third-order valence-corrected chi connectivity index (χ3v) is 7.48. The number of phenolic OH excluding ortho intramolecular Hbond substituents is 2. The van der Waals surface area contributed by atoms with E-state index in [4.69, 9.17) is 28.1 Å². The smallest absolute Gasteiger partial charge is 0.239 e. The molecule has 16 heteroatoms. The van der Waals surface area contributed by atoms with Crippen molar-refractivity contribution in [1.82, 2.24) is 0 Å². The van der Waals surface area contributed by atoms with Gasteiger partial charge in [-0.2, -0.15) is 0 Å². The van der Waals surface area contributed by atoms with Gasteiger partial charge in [-0.15, -0.1) is 0 Å². The van der Waals surface area contributed by atoms with E-state index in [0.29, 0.717) is 0 Å². The van der Waals surface area contributed by atoms with Crippen LogP contribution in [-0.4, -0.2) is 121 Å². The van der Waals surface area contributed by atoms with Crippen LogP contribution in [0.15, 0.2) is 39.5 Å². The van der Waals surface area contributed by atoms with E-state index in [-0.39, 0.29) is 28.4 Å². The van der Waals surface area contributed by atoms with Gasteiger partial charge in [-0.1, -0.05) is 0 Å². The molecular weight excluding hydrogens is 592 g/mol. The zero-order valence-corrected chi connectivity index (χ0v) is 23.3. The van der Waals surface area contributed by atoms with Crippen molar-refractivity contribution in [2.75, 3.05) is 13.7 Å². The van der Waals surface area contributed by atoms with Gasteiger partial charge in [0.05, 0.1) is 19.8 Å². The highest BCUT2D eigenvalue weighted by Crippen LogP contribution is 2.40. The predicted molar refractivity (Wildman–Crippen MR) is 145 cm³/mol. The molecule has 2 saturated heterocycles. The number of methoxy groups -OCH3 is 1. The SMILES string of the molecule is COc1cc(-c2oc3cc(O)cc(O)c3c(=O)c2O[C@@H]2OC(CO)[C@@H](O)C(O)C2O)ccc1O[C@@H]1OC(C)[C@H](O)C(O)[C@@H]1O. The molecule has 16 nitrogen and oxygen atoms in total.